The molecule has 0 saturated carbocycles. The first-order chi connectivity index (χ1) is 14.6. The molecule has 3 N–H and O–H groups in total. The van der Waals surface area contributed by atoms with Crippen LogP contribution in [0.1, 0.15) is 33.3 Å². The summed E-state index contributed by atoms with van der Waals surface area (Å²) in [6.07, 6.45) is -1.99. The lowest BCUT2D eigenvalue weighted by molar-refractivity contribution is -0.151. The van der Waals surface area contributed by atoms with Crippen molar-refractivity contribution in [1.82, 2.24) is 15.5 Å². The number of alkyl carbamates (subject to hydrolysis) is 1. The Morgan fingerprint density at radius 2 is 1.84 bits per heavy atom. The molecule has 0 fully saturated rings. The van der Waals surface area contributed by atoms with Gasteiger partial charge < -0.3 is 29.5 Å². The van der Waals surface area contributed by atoms with E-state index in [4.69, 9.17) is 14.2 Å². The Morgan fingerprint density at radius 1 is 1.16 bits per heavy atom. The van der Waals surface area contributed by atoms with E-state index in [0.29, 0.717) is 0 Å². The lowest BCUT2D eigenvalue weighted by Crippen LogP contribution is -2.47. The Morgan fingerprint density at radius 3 is 2.45 bits per heavy atom. The lowest BCUT2D eigenvalue weighted by atomic mass is 10.2. The predicted octanol–water partition coefficient (Wildman–Crippen LogP) is 0.985. The second kappa shape index (κ2) is 13.6. The highest BCUT2D eigenvalue weighted by atomic mass is 16.6. The third-order valence-corrected chi connectivity index (χ3v) is 3.71. The summed E-state index contributed by atoms with van der Waals surface area (Å²) < 4.78 is 15.3. The molecule has 10 heteroatoms. The van der Waals surface area contributed by atoms with Crippen LogP contribution in [-0.4, -0.2) is 72.8 Å². The van der Waals surface area contributed by atoms with Gasteiger partial charge in [0.2, 0.25) is 12.3 Å². The minimum absolute atomic E-state index is 0.0551. The molecular weight excluding hydrogens is 406 g/mol. The summed E-state index contributed by atoms with van der Waals surface area (Å²) in [5, 5.41) is 15.0. The number of hydrogen-bond donors (Lipinski definition) is 3. The molecule has 0 aliphatic rings. The van der Waals surface area contributed by atoms with Gasteiger partial charge in [-0.15, -0.1) is 0 Å². The number of rotatable bonds is 12. The summed E-state index contributed by atoms with van der Waals surface area (Å²) >= 11 is 0. The molecule has 0 heterocycles. The topological polar surface area (TPSA) is 126 Å². The van der Waals surface area contributed by atoms with Crippen molar-refractivity contribution in [2.75, 3.05) is 32.8 Å². The van der Waals surface area contributed by atoms with Gasteiger partial charge in [-0.3, -0.25) is 14.9 Å². The number of carbonyl (C=O) groups excluding carboxylic acids is 3. The van der Waals surface area contributed by atoms with Gasteiger partial charge in [0.1, 0.15) is 12.1 Å². The summed E-state index contributed by atoms with van der Waals surface area (Å²) in [6, 6.07) is 9.25. The maximum atomic E-state index is 12.5. The molecule has 0 aliphatic heterocycles. The first-order valence-electron chi connectivity index (χ1n) is 10.1. The van der Waals surface area contributed by atoms with Crippen molar-refractivity contribution in [3.8, 4) is 0 Å². The van der Waals surface area contributed by atoms with Gasteiger partial charge in [-0.1, -0.05) is 30.3 Å². The molecule has 0 bridgehead atoms. The average Bonchev–Trinajstić information content (AvgIpc) is 2.69. The highest BCUT2D eigenvalue weighted by molar-refractivity contribution is 5.83. The van der Waals surface area contributed by atoms with Crippen molar-refractivity contribution >= 4 is 18.0 Å². The molecule has 0 aromatic heterocycles. The molecule has 0 radical (unpaired) electrons. The Bertz CT molecular complexity index is 692. The first kappa shape index (κ1) is 26.3. The molecular formula is C21H33N3O7. The lowest BCUT2D eigenvalue weighted by Gasteiger charge is -2.24. The van der Waals surface area contributed by atoms with Crippen molar-refractivity contribution < 1.29 is 33.7 Å². The van der Waals surface area contributed by atoms with Gasteiger partial charge in [-0.25, -0.2) is 4.79 Å². The number of benzene rings is 1. The van der Waals surface area contributed by atoms with Gasteiger partial charge in [-0.05, 0) is 33.3 Å². The van der Waals surface area contributed by atoms with Crippen molar-refractivity contribution in [3.63, 3.8) is 0 Å². The molecule has 1 unspecified atom stereocenters. The number of amides is 2. The standard InChI is InChI=1S/C21H33N3O7/c1-5-29-18(26)14-24(12-11-22-20(28)31-21(2,3)4)17(25)13-23-19(27)30-15-16-9-7-6-8-10-16/h6-10,19,23,27H,5,11-15H2,1-4H3,(H,22,28). The number of aliphatic hydroxyl groups excluding tert-OH is 1. The van der Waals surface area contributed by atoms with Crippen molar-refractivity contribution in [3.05, 3.63) is 35.9 Å². The van der Waals surface area contributed by atoms with Crippen molar-refractivity contribution in [2.24, 2.45) is 0 Å². The number of carbonyl (C=O) groups is 3. The van der Waals surface area contributed by atoms with Crippen LogP contribution in [0.5, 0.6) is 0 Å². The van der Waals surface area contributed by atoms with Gasteiger partial charge in [0.15, 0.2) is 0 Å². The van der Waals surface area contributed by atoms with Crippen LogP contribution in [0.15, 0.2) is 30.3 Å². The van der Waals surface area contributed by atoms with E-state index in [0.717, 1.165) is 5.56 Å². The van der Waals surface area contributed by atoms with Crippen molar-refractivity contribution in [2.45, 2.75) is 46.3 Å². The van der Waals surface area contributed by atoms with E-state index in [1.54, 1.807) is 27.7 Å². The van der Waals surface area contributed by atoms with Gasteiger partial charge in [0.25, 0.3) is 0 Å². The molecule has 1 aromatic carbocycles. The highest BCUT2D eigenvalue weighted by Gasteiger charge is 2.20. The zero-order valence-corrected chi connectivity index (χ0v) is 18.6. The number of hydrogen-bond acceptors (Lipinski definition) is 8. The normalized spacial score (nSPS) is 12.0. The van der Waals surface area contributed by atoms with E-state index in [1.165, 1.54) is 4.90 Å². The van der Waals surface area contributed by atoms with Crippen LogP contribution in [-0.2, 0) is 30.4 Å². The molecule has 0 aliphatic carbocycles. The number of nitrogens with zero attached hydrogens (tertiary/aromatic N) is 1. The number of ether oxygens (including phenoxy) is 3. The summed E-state index contributed by atoms with van der Waals surface area (Å²) in [5.74, 6) is -1.05. The second-order valence-corrected chi connectivity index (χ2v) is 7.58. The van der Waals surface area contributed by atoms with Crippen LogP contribution in [0.25, 0.3) is 0 Å². The maximum absolute atomic E-state index is 12.5. The summed E-state index contributed by atoms with van der Waals surface area (Å²) in [6.45, 7) is 6.78. The van der Waals surface area contributed by atoms with E-state index in [-0.39, 0.29) is 39.4 Å². The molecule has 31 heavy (non-hydrogen) atoms. The summed E-state index contributed by atoms with van der Waals surface area (Å²) in [4.78, 5) is 37.3. The number of nitrogens with one attached hydrogen (secondary N) is 2. The highest BCUT2D eigenvalue weighted by Crippen LogP contribution is 2.06. The van der Waals surface area contributed by atoms with Gasteiger partial charge in [0, 0.05) is 13.1 Å². The first-order valence-corrected chi connectivity index (χ1v) is 10.1. The second-order valence-electron chi connectivity index (χ2n) is 7.58. The van der Waals surface area contributed by atoms with Crippen LogP contribution >= 0.6 is 0 Å². The summed E-state index contributed by atoms with van der Waals surface area (Å²) in [7, 11) is 0. The van der Waals surface area contributed by atoms with Crippen LogP contribution in [0.3, 0.4) is 0 Å². The van der Waals surface area contributed by atoms with E-state index in [9.17, 15) is 19.5 Å². The SMILES string of the molecule is CCOC(=O)CN(CCNC(=O)OC(C)(C)C)C(=O)CNC(O)OCc1ccccc1. The molecule has 0 saturated heterocycles. The molecule has 0 spiro atoms. The number of aliphatic hydroxyl groups is 1. The molecule has 10 nitrogen and oxygen atoms in total. The minimum atomic E-state index is -1.37. The van der Waals surface area contributed by atoms with E-state index < -0.39 is 30.0 Å². The fraction of sp³-hybridized carbons (Fsp3) is 0.571. The molecule has 2 amide bonds. The van der Waals surface area contributed by atoms with E-state index >= 15 is 0 Å². The fourth-order valence-electron chi connectivity index (χ4n) is 2.36. The largest absolute Gasteiger partial charge is 0.465 e. The fourth-order valence-corrected chi connectivity index (χ4v) is 2.36. The van der Waals surface area contributed by atoms with Gasteiger partial charge >= 0.3 is 12.1 Å². The van der Waals surface area contributed by atoms with Crippen LogP contribution in [0.4, 0.5) is 4.79 Å². The average molecular weight is 440 g/mol. The van der Waals surface area contributed by atoms with Crippen LogP contribution in [0, 0.1) is 0 Å². The summed E-state index contributed by atoms with van der Waals surface area (Å²) in [5.41, 5.74) is 0.219. The Kier molecular flexibility index (Phi) is 11.5. The molecule has 1 atom stereocenters. The Balaban J connectivity index is 2.50. The van der Waals surface area contributed by atoms with E-state index in [2.05, 4.69) is 10.6 Å². The predicted molar refractivity (Wildman–Crippen MR) is 113 cm³/mol. The smallest absolute Gasteiger partial charge is 0.407 e. The Labute approximate surface area is 182 Å². The monoisotopic (exact) mass is 439 g/mol. The van der Waals surface area contributed by atoms with Gasteiger partial charge in [-0.2, -0.15) is 0 Å². The molecule has 1 rings (SSSR count). The zero-order valence-electron chi connectivity index (χ0n) is 18.6. The van der Waals surface area contributed by atoms with Crippen molar-refractivity contribution in [1.29, 1.82) is 0 Å². The molecule has 1 aromatic rings. The maximum Gasteiger partial charge on any atom is 0.407 e. The van der Waals surface area contributed by atoms with E-state index in [1.807, 2.05) is 30.3 Å². The third kappa shape index (κ3) is 12.6. The van der Waals surface area contributed by atoms with Crippen LogP contribution < -0.4 is 10.6 Å². The number of esters is 1. The van der Waals surface area contributed by atoms with Gasteiger partial charge in [0.05, 0.1) is 19.8 Å². The zero-order chi connectivity index (χ0) is 23.3. The Hall–Kier alpha value is -2.69. The quantitative estimate of drug-likeness (QED) is 0.325. The van der Waals surface area contributed by atoms with Crippen LogP contribution in [0.2, 0.25) is 0 Å². The third-order valence-electron chi connectivity index (χ3n) is 3.71. The molecule has 174 valence electrons. The minimum Gasteiger partial charge on any atom is -0.465 e.